The standard InChI is InChI=1S/C14H8ClN3O2/c15-13-6-3-11(7-14(13)18(19)20)9-17-12-4-1-10(8-16)2-5-12/h1-7,9H. The largest absolute Gasteiger partial charge is 0.288 e. The highest BCUT2D eigenvalue weighted by atomic mass is 35.5. The van der Waals surface area contributed by atoms with Crippen molar-refractivity contribution >= 4 is 29.2 Å². The summed E-state index contributed by atoms with van der Waals surface area (Å²) in [5.41, 5.74) is 1.62. The Balaban J connectivity index is 2.25. The summed E-state index contributed by atoms with van der Waals surface area (Å²) >= 11 is 5.72. The van der Waals surface area contributed by atoms with E-state index in [4.69, 9.17) is 16.9 Å². The van der Waals surface area contributed by atoms with Gasteiger partial charge in [-0.25, -0.2) is 0 Å². The summed E-state index contributed by atoms with van der Waals surface area (Å²) in [6, 6.07) is 13.2. The Morgan fingerprint density at radius 1 is 1.25 bits per heavy atom. The van der Waals surface area contributed by atoms with E-state index in [0.29, 0.717) is 16.8 Å². The molecule has 0 aliphatic rings. The van der Waals surface area contributed by atoms with Gasteiger partial charge in [-0.05, 0) is 35.9 Å². The van der Waals surface area contributed by atoms with Crippen LogP contribution in [0.1, 0.15) is 11.1 Å². The third kappa shape index (κ3) is 3.19. The van der Waals surface area contributed by atoms with Crippen molar-refractivity contribution in [2.24, 2.45) is 4.99 Å². The fourth-order valence-electron chi connectivity index (χ4n) is 1.52. The predicted octanol–water partition coefficient (Wildman–Crippen LogP) is 3.87. The van der Waals surface area contributed by atoms with Crippen molar-refractivity contribution in [3.63, 3.8) is 0 Å². The van der Waals surface area contributed by atoms with E-state index >= 15 is 0 Å². The molecular formula is C14H8ClN3O2. The maximum absolute atomic E-state index is 10.8. The zero-order chi connectivity index (χ0) is 14.5. The number of hydrogen-bond acceptors (Lipinski definition) is 4. The molecule has 20 heavy (non-hydrogen) atoms. The molecule has 6 heteroatoms. The van der Waals surface area contributed by atoms with Gasteiger partial charge in [0.25, 0.3) is 5.69 Å². The summed E-state index contributed by atoms with van der Waals surface area (Å²) in [4.78, 5) is 14.4. The van der Waals surface area contributed by atoms with Crippen LogP contribution in [0.5, 0.6) is 0 Å². The first-order valence-electron chi connectivity index (χ1n) is 5.58. The van der Waals surface area contributed by atoms with Crippen molar-refractivity contribution in [3.05, 3.63) is 68.7 Å². The third-order valence-electron chi connectivity index (χ3n) is 2.53. The second kappa shape index (κ2) is 5.95. The molecule has 0 saturated carbocycles. The summed E-state index contributed by atoms with van der Waals surface area (Å²) in [6.07, 6.45) is 1.50. The zero-order valence-corrected chi connectivity index (χ0v) is 10.9. The van der Waals surface area contributed by atoms with Crippen LogP contribution in [0.15, 0.2) is 47.5 Å². The molecule has 0 fully saturated rings. The van der Waals surface area contributed by atoms with Gasteiger partial charge in [-0.3, -0.25) is 15.1 Å². The number of benzene rings is 2. The highest BCUT2D eigenvalue weighted by Gasteiger charge is 2.11. The van der Waals surface area contributed by atoms with Crippen molar-refractivity contribution in [1.29, 1.82) is 5.26 Å². The predicted molar refractivity (Wildman–Crippen MR) is 76.5 cm³/mol. The molecule has 0 aromatic heterocycles. The van der Waals surface area contributed by atoms with E-state index in [0.717, 1.165) is 0 Å². The fraction of sp³-hybridized carbons (Fsp3) is 0. The maximum Gasteiger partial charge on any atom is 0.288 e. The third-order valence-corrected chi connectivity index (χ3v) is 2.85. The van der Waals surface area contributed by atoms with Gasteiger partial charge in [0.05, 0.1) is 22.2 Å². The Kier molecular flexibility index (Phi) is 4.08. The van der Waals surface area contributed by atoms with Gasteiger partial charge < -0.3 is 0 Å². The van der Waals surface area contributed by atoms with Crippen LogP contribution >= 0.6 is 11.6 Å². The summed E-state index contributed by atoms with van der Waals surface area (Å²) in [5, 5.41) is 19.5. The van der Waals surface area contributed by atoms with Gasteiger partial charge in [0.15, 0.2) is 0 Å². The summed E-state index contributed by atoms with van der Waals surface area (Å²) in [5.74, 6) is 0. The maximum atomic E-state index is 10.8. The first-order valence-corrected chi connectivity index (χ1v) is 5.96. The normalized spacial score (nSPS) is 10.4. The number of nitro benzene ring substituents is 1. The van der Waals surface area contributed by atoms with E-state index in [-0.39, 0.29) is 10.7 Å². The molecular weight excluding hydrogens is 278 g/mol. The van der Waals surface area contributed by atoms with Gasteiger partial charge >= 0.3 is 0 Å². The fourth-order valence-corrected chi connectivity index (χ4v) is 1.71. The summed E-state index contributed by atoms with van der Waals surface area (Å²) in [6.45, 7) is 0. The Morgan fingerprint density at radius 3 is 2.55 bits per heavy atom. The van der Waals surface area contributed by atoms with Gasteiger partial charge in [-0.15, -0.1) is 0 Å². The molecule has 2 aromatic carbocycles. The minimum atomic E-state index is -0.540. The minimum absolute atomic E-state index is 0.0884. The minimum Gasteiger partial charge on any atom is -0.258 e. The number of nitrogens with zero attached hydrogens (tertiary/aromatic N) is 3. The molecule has 0 amide bonds. The van der Waals surface area contributed by atoms with E-state index in [1.807, 2.05) is 6.07 Å². The number of hydrogen-bond donors (Lipinski definition) is 0. The number of nitro groups is 1. The van der Waals surface area contributed by atoms with Crippen molar-refractivity contribution < 1.29 is 4.92 Å². The molecule has 0 radical (unpaired) electrons. The van der Waals surface area contributed by atoms with Crippen LogP contribution in [0.25, 0.3) is 0 Å². The Morgan fingerprint density at radius 2 is 1.95 bits per heavy atom. The molecule has 0 aliphatic carbocycles. The van der Waals surface area contributed by atoms with Gasteiger partial charge in [-0.1, -0.05) is 17.7 Å². The average Bonchev–Trinajstić information content (AvgIpc) is 2.46. The quantitative estimate of drug-likeness (QED) is 0.488. The molecule has 5 nitrogen and oxygen atoms in total. The van der Waals surface area contributed by atoms with Gasteiger partial charge in [0, 0.05) is 12.3 Å². The monoisotopic (exact) mass is 285 g/mol. The first-order chi connectivity index (χ1) is 9.60. The Hall–Kier alpha value is -2.71. The van der Waals surface area contributed by atoms with Crippen LogP contribution in [0.3, 0.4) is 0 Å². The lowest BCUT2D eigenvalue weighted by atomic mass is 10.2. The smallest absolute Gasteiger partial charge is 0.258 e. The molecule has 0 heterocycles. The highest BCUT2D eigenvalue weighted by molar-refractivity contribution is 6.32. The van der Waals surface area contributed by atoms with Crippen LogP contribution in [-0.4, -0.2) is 11.1 Å². The SMILES string of the molecule is N#Cc1ccc(N=Cc2ccc(Cl)c([N+](=O)[O-])c2)cc1. The van der Waals surface area contributed by atoms with Crippen LogP contribution in [0.4, 0.5) is 11.4 Å². The van der Waals surface area contributed by atoms with E-state index in [9.17, 15) is 10.1 Å². The molecule has 0 N–H and O–H groups in total. The lowest BCUT2D eigenvalue weighted by molar-refractivity contribution is -0.384. The van der Waals surface area contributed by atoms with Crippen molar-refractivity contribution in [2.45, 2.75) is 0 Å². The molecule has 0 atom stereocenters. The summed E-state index contributed by atoms with van der Waals surface area (Å²) in [7, 11) is 0. The second-order valence-electron chi connectivity index (χ2n) is 3.88. The average molecular weight is 286 g/mol. The molecule has 0 unspecified atom stereocenters. The van der Waals surface area contributed by atoms with Crippen LogP contribution in [-0.2, 0) is 0 Å². The molecule has 98 valence electrons. The van der Waals surface area contributed by atoms with Gasteiger partial charge in [0.1, 0.15) is 5.02 Å². The molecule has 0 bridgehead atoms. The van der Waals surface area contributed by atoms with E-state index < -0.39 is 4.92 Å². The summed E-state index contributed by atoms with van der Waals surface area (Å²) < 4.78 is 0. The lowest BCUT2D eigenvalue weighted by Gasteiger charge is -1.97. The van der Waals surface area contributed by atoms with Gasteiger partial charge in [-0.2, -0.15) is 5.26 Å². The first kappa shape index (κ1) is 13.7. The number of rotatable bonds is 3. The number of nitriles is 1. The van der Waals surface area contributed by atoms with Crippen molar-refractivity contribution in [3.8, 4) is 6.07 Å². The van der Waals surface area contributed by atoms with E-state index in [1.54, 1.807) is 30.3 Å². The molecule has 2 aromatic rings. The Labute approximate surface area is 119 Å². The van der Waals surface area contributed by atoms with Crippen LogP contribution in [0.2, 0.25) is 5.02 Å². The van der Waals surface area contributed by atoms with Crippen LogP contribution < -0.4 is 0 Å². The van der Waals surface area contributed by atoms with Crippen molar-refractivity contribution in [1.82, 2.24) is 0 Å². The second-order valence-corrected chi connectivity index (χ2v) is 4.29. The number of halogens is 1. The Bertz CT molecular complexity index is 718. The molecule has 0 aliphatic heterocycles. The highest BCUT2D eigenvalue weighted by Crippen LogP contribution is 2.24. The molecule has 2 rings (SSSR count). The van der Waals surface area contributed by atoms with Gasteiger partial charge in [0.2, 0.25) is 0 Å². The van der Waals surface area contributed by atoms with E-state index in [2.05, 4.69) is 4.99 Å². The van der Waals surface area contributed by atoms with Crippen LogP contribution in [0, 0.1) is 21.4 Å². The zero-order valence-electron chi connectivity index (χ0n) is 10.2. The van der Waals surface area contributed by atoms with Crippen molar-refractivity contribution in [2.75, 3.05) is 0 Å². The topological polar surface area (TPSA) is 79.3 Å². The molecule has 0 saturated heterocycles. The lowest BCUT2D eigenvalue weighted by Crippen LogP contribution is -1.91. The van der Waals surface area contributed by atoms with E-state index in [1.165, 1.54) is 18.3 Å². The number of aliphatic imine (C=N–C) groups is 1. The molecule has 0 spiro atoms.